The highest BCUT2D eigenvalue weighted by molar-refractivity contribution is 7.21. The van der Waals surface area contributed by atoms with Gasteiger partial charge in [-0.15, -0.1) is 11.3 Å². The summed E-state index contributed by atoms with van der Waals surface area (Å²) in [5.74, 6) is -0.0624. The third-order valence-corrected chi connectivity index (χ3v) is 7.19. The molecule has 9 heteroatoms. The molecule has 3 aromatic heterocycles. The van der Waals surface area contributed by atoms with Crippen LogP contribution in [-0.4, -0.2) is 58.8 Å². The van der Waals surface area contributed by atoms with E-state index in [9.17, 15) is 9.59 Å². The topological polar surface area (TPSA) is 104 Å². The van der Waals surface area contributed by atoms with E-state index < -0.39 is 0 Å². The fraction of sp³-hybridized carbons (Fsp3) is 0.417. The second kappa shape index (κ2) is 10.3. The Hall–Kier alpha value is -3.04. The number of carbonyl (C=O) groups excluding carboxylic acids is 2. The standard InChI is InChI=1S/C24H30N6O2S/c1-26-23(32)22-21(25)17-9-10-18(28-24(17)33-22)19-8-4-6-13-30(19)20(31)11-14-29(2)15-16-7-3-5-12-27-16/h3,5,7,9-10,12,19H,4,6,8,11,13-15,25H2,1-2H3,(H,26,32)/t19-/m0/s1. The Kier molecular flexibility index (Phi) is 7.20. The molecule has 33 heavy (non-hydrogen) atoms. The number of hydrogen-bond donors (Lipinski definition) is 2. The molecule has 3 N–H and O–H groups in total. The van der Waals surface area contributed by atoms with E-state index in [0.29, 0.717) is 30.1 Å². The lowest BCUT2D eigenvalue weighted by Gasteiger charge is -2.36. The van der Waals surface area contributed by atoms with E-state index in [0.717, 1.165) is 47.4 Å². The van der Waals surface area contributed by atoms with Crippen LogP contribution in [-0.2, 0) is 11.3 Å². The molecule has 3 aromatic rings. The third-order valence-electron chi connectivity index (χ3n) is 6.08. The van der Waals surface area contributed by atoms with Crippen molar-refractivity contribution in [2.24, 2.45) is 0 Å². The van der Waals surface area contributed by atoms with Crippen molar-refractivity contribution in [2.75, 3.05) is 32.9 Å². The maximum absolute atomic E-state index is 13.2. The summed E-state index contributed by atoms with van der Waals surface area (Å²) >= 11 is 1.30. The van der Waals surface area contributed by atoms with Gasteiger partial charge in [0.15, 0.2) is 0 Å². The van der Waals surface area contributed by atoms with Crippen LogP contribution in [0.3, 0.4) is 0 Å². The van der Waals surface area contributed by atoms with Gasteiger partial charge >= 0.3 is 0 Å². The second-order valence-corrected chi connectivity index (χ2v) is 9.42. The van der Waals surface area contributed by atoms with Crippen molar-refractivity contribution in [3.8, 4) is 0 Å². The molecule has 0 aliphatic carbocycles. The van der Waals surface area contributed by atoms with E-state index in [-0.39, 0.29) is 17.9 Å². The molecule has 174 valence electrons. The summed E-state index contributed by atoms with van der Waals surface area (Å²) in [4.78, 5) is 39.8. The number of fused-ring (bicyclic) bond motifs is 1. The third kappa shape index (κ3) is 5.15. The Morgan fingerprint density at radius 1 is 1.27 bits per heavy atom. The maximum atomic E-state index is 13.2. The van der Waals surface area contributed by atoms with Crippen LogP contribution in [0.2, 0.25) is 0 Å². The van der Waals surface area contributed by atoms with Crippen molar-refractivity contribution >= 4 is 39.1 Å². The SMILES string of the molecule is CNC(=O)c1sc2nc([C@@H]3CCCCN3C(=O)CCN(C)Cc3ccccn3)ccc2c1N. The number of thiophene rings is 1. The highest BCUT2D eigenvalue weighted by Crippen LogP contribution is 2.36. The fourth-order valence-corrected chi connectivity index (χ4v) is 5.34. The van der Waals surface area contributed by atoms with E-state index in [1.165, 1.54) is 11.3 Å². The van der Waals surface area contributed by atoms with Crippen LogP contribution in [0.1, 0.15) is 52.8 Å². The van der Waals surface area contributed by atoms with Crippen molar-refractivity contribution in [1.82, 2.24) is 25.1 Å². The lowest BCUT2D eigenvalue weighted by Crippen LogP contribution is -2.40. The van der Waals surface area contributed by atoms with Crippen molar-refractivity contribution in [2.45, 2.75) is 38.3 Å². The first-order chi connectivity index (χ1) is 16.0. The molecule has 4 rings (SSSR count). The van der Waals surface area contributed by atoms with E-state index in [4.69, 9.17) is 10.7 Å². The van der Waals surface area contributed by atoms with Gasteiger partial charge < -0.3 is 20.9 Å². The molecule has 8 nitrogen and oxygen atoms in total. The van der Waals surface area contributed by atoms with Gasteiger partial charge in [0.25, 0.3) is 5.91 Å². The normalized spacial score (nSPS) is 16.3. The summed E-state index contributed by atoms with van der Waals surface area (Å²) in [5.41, 5.74) is 8.49. The predicted molar refractivity (Wildman–Crippen MR) is 131 cm³/mol. The average Bonchev–Trinajstić information content (AvgIpc) is 3.18. The minimum Gasteiger partial charge on any atom is -0.397 e. The van der Waals surface area contributed by atoms with E-state index in [2.05, 4.69) is 15.2 Å². The summed E-state index contributed by atoms with van der Waals surface area (Å²) in [6.45, 7) is 2.12. The van der Waals surface area contributed by atoms with Crippen molar-refractivity contribution in [3.05, 3.63) is 52.8 Å². The molecule has 0 radical (unpaired) electrons. The highest BCUT2D eigenvalue weighted by atomic mass is 32.1. The first kappa shape index (κ1) is 23.1. The van der Waals surface area contributed by atoms with Crippen LogP contribution in [0.15, 0.2) is 36.5 Å². The van der Waals surface area contributed by atoms with Crippen LogP contribution in [0.25, 0.3) is 10.2 Å². The molecule has 0 unspecified atom stereocenters. The lowest BCUT2D eigenvalue weighted by molar-refractivity contribution is -0.135. The highest BCUT2D eigenvalue weighted by Gasteiger charge is 2.29. The van der Waals surface area contributed by atoms with Crippen LogP contribution in [0.5, 0.6) is 0 Å². The Bertz CT molecular complexity index is 1130. The van der Waals surface area contributed by atoms with Crippen LogP contribution < -0.4 is 11.1 Å². The number of nitrogens with one attached hydrogen (secondary N) is 1. The number of pyridine rings is 2. The lowest BCUT2D eigenvalue weighted by atomic mass is 9.98. The zero-order valence-corrected chi connectivity index (χ0v) is 19.9. The second-order valence-electron chi connectivity index (χ2n) is 8.42. The minimum atomic E-state index is -0.207. The summed E-state index contributed by atoms with van der Waals surface area (Å²) in [6, 6.07) is 9.69. The smallest absolute Gasteiger partial charge is 0.263 e. The van der Waals surface area contributed by atoms with Crippen LogP contribution in [0.4, 0.5) is 5.69 Å². The van der Waals surface area contributed by atoms with Gasteiger partial charge in [0.05, 0.1) is 23.1 Å². The maximum Gasteiger partial charge on any atom is 0.263 e. The predicted octanol–water partition coefficient (Wildman–Crippen LogP) is 3.21. The summed E-state index contributed by atoms with van der Waals surface area (Å²) < 4.78 is 0. The minimum absolute atomic E-state index is 0.0523. The van der Waals surface area contributed by atoms with Crippen LogP contribution >= 0.6 is 11.3 Å². The number of hydrogen-bond acceptors (Lipinski definition) is 7. The molecule has 1 fully saturated rings. The number of piperidine rings is 1. The van der Waals surface area contributed by atoms with E-state index >= 15 is 0 Å². The Labute approximate surface area is 197 Å². The molecule has 4 heterocycles. The van der Waals surface area contributed by atoms with E-state index in [1.807, 2.05) is 42.3 Å². The molecule has 0 aromatic carbocycles. The molecule has 1 aliphatic heterocycles. The quantitative estimate of drug-likeness (QED) is 0.554. The van der Waals surface area contributed by atoms with Gasteiger partial charge in [-0.1, -0.05) is 6.07 Å². The van der Waals surface area contributed by atoms with Crippen molar-refractivity contribution in [3.63, 3.8) is 0 Å². The zero-order chi connectivity index (χ0) is 23.4. The summed E-state index contributed by atoms with van der Waals surface area (Å²) in [7, 11) is 3.60. The number of likely N-dealkylation sites (tertiary alicyclic amines) is 1. The molecular weight excluding hydrogens is 436 g/mol. The summed E-state index contributed by atoms with van der Waals surface area (Å²) in [6.07, 6.45) is 5.19. The first-order valence-corrected chi connectivity index (χ1v) is 12.1. The number of nitrogen functional groups attached to an aromatic ring is 1. The van der Waals surface area contributed by atoms with Crippen molar-refractivity contribution in [1.29, 1.82) is 0 Å². The monoisotopic (exact) mass is 466 g/mol. The number of anilines is 1. The molecular formula is C24H30N6O2S. The largest absolute Gasteiger partial charge is 0.397 e. The molecule has 1 aliphatic rings. The van der Waals surface area contributed by atoms with Gasteiger partial charge in [0.2, 0.25) is 5.91 Å². The fourth-order valence-electron chi connectivity index (χ4n) is 4.29. The van der Waals surface area contributed by atoms with Gasteiger partial charge in [0.1, 0.15) is 9.71 Å². The number of rotatable bonds is 7. The number of amides is 2. The Morgan fingerprint density at radius 2 is 2.12 bits per heavy atom. The van der Waals surface area contributed by atoms with Gasteiger partial charge in [0, 0.05) is 44.7 Å². The Balaban J connectivity index is 1.46. The molecule has 0 saturated carbocycles. The van der Waals surface area contributed by atoms with Gasteiger partial charge in [-0.3, -0.25) is 14.6 Å². The molecule has 2 amide bonds. The Morgan fingerprint density at radius 3 is 2.88 bits per heavy atom. The average molecular weight is 467 g/mol. The van der Waals surface area contributed by atoms with Crippen molar-refractivity contribution < 1.29 is 9.59 Å². The number of nitrogens with two attached hydrogens (primary N) is 1. The van der Waals surface area contributed by atoms with Gasteiger partial charge in [-0.25, -0.2) is 4.98 Å². The molecule has 0 spiro atoms. The van der Waals surface area contributed by atoms with E-state index in [1.54, 1.807) is 13.2 Å². The molecule has 0 bridgehead atoms. The van der Waals surface area contributed by atoms with Gasteiger partial charge in [-0.2, -0.15) is 0 Å². The number of aromatic nitrogens is 2. The first-order valence-electron chi connectivity index (χ1n) is 11.3. The summed E-state index contributed by atoms with van der Waals surface area (Å²) in [5, 5.41) is 3.41. The number of carbonyl (C=O) groups is 2. The van der Waals surface area contributed by atoms with Crippen LogP contribution in [0, 0.1) is 0 Å². The number of nitrogens with zero attached hydrogens (tertiary/aromatic N) is 4. The molecule has 1 atom stereocenters. The molecule has 1 saturated heterocycles. The zero-order valence-electron chi connectivity index (χ0n) is 19.1. The van der Waals surface area contributed by atoms with Gasteiger partial charge in [-0.05, 0) is 50.6 Å².